The molecule has 0 bridgehead atoms. The Balaban J connectivity index is 1.61. The van der Waals surface area contributed by atoms with E-state index in [1.807, 2.05) is 13.1 Å². The summed E-state index contributed by atoms with van der Waals surface area (Å²) in [7, 11) is 1.66. The van der Waals surface area contributed by atoms with Crippen LogP contribution < -0.4 is 16.7 Å². The van der Waals surface area contributed by atoms with E-state index in [2.05, 4.69) is 30.5 Å². The summed E-state index contributed by atoms with van der Waals surface area (Å²) in [5.41, 5.74) is -0.180. The van der Waals surface area contributed by atoms with Crippen molar-refractivity contribution in [1.29, 1.82) is 0 Å². The standard InChI is InChI=1S/C22H19Cl2FN10O2/c1-3-33-8-12-4-18(15(24)6-17(12)30-33)28-20-29-21(36)35(10-19-27-11-32(2)31-19)22(37)34(20)9-13-5-14(23)16(25)7-26-13/h4-8,11H,3,9-10H2,1-2H3,(H,28,29,36). The third-order valence-electron chi connectivity index (χ3n) is 5.49. The van der Waals surface area contributed by atoms with Gasteiger partial charge in [0.25, 0.3) is 0 Å². The lowest BCUT2D eigenvalue weighted by atomic mass is 10.2. The molecule has 0 radical (unpaired) electrons. The topological polar surface area (TPSA) is 130 Å². The zero-order chi connectivity index (χ0) is 26.3. The number of hydrogen-bond acceptors (Lipinski definition) is 8. The van der Waals surface area contributed by atoms with Crippen LogP contribution in [0.4, 0.5) is 16.0 Å². The highest BCUT2D eigenvalue weighted by Gasteiger charge is 2.18. The third kappa shape index (κ3) is 4.95. The van der Waals surface area contributed by atoms with Gasteiger partial charge in [-0.25, -0.2) is 23.5 Å². The molecule has 12 nitrogen and oxygen atoms in total. The number of nitrogens with zero attached hydrogens (tertiary/aromatic N) is 9. The maximum Gasteiger partial charge on any atom is 0.355 e. The maximum atomic E-state index is 13.7. The van der Waals surface area contributed by atoms with Crippen molar-refractivity contribution in [3.8, 4) is 0 Å². The number of aromatic nitrogens is 9. The van der Waals surface area contributed by atoms with E-state index in [4.69, 9.17) is 23.2 Å². The first-order valence-electron chi connectivity index (χ1n) is 11.0. The Bertz CT molecular complexity index is 1760. The lowest BCUT2D eigenvalue weighted by molar-refractivity contribution is 0.567. The highest BCUT2D eigenvalue weighted by Crippen LogP contribution is 2.29. The molecule has 1 N–H and O–H groups in total. The normalized spacial score (nSPS) is 11.4. The summed E-state index contributed by atoms with van der Waals surface area (Å²) in [4.78, 5) is 38.6. The van der Waals surface area contributed by atoms with Gasteiger partial charge in [0.05, 0.1) is 46.2 Å². The zero-order valence-electron chi connectivity index (χ0n) is 19.6. The Kier molecular flexibility index (Phi) is 6.48. The molecule has 4 heterocycles. The summed E-state index contributed by atoms with van der Waals surface area (Å²) in [5.74, 6) is -0.542. The average Bonchev–Trinajstić information content (AvgIpc) is 3.46. The van der Waals surface area contributed by atoms with Crippen molar-refractivity contribution in [2.45, 2.75) is 26.6 Å². The molecule has 5 aromatic rings. The van der Waals surface area contributed by atoms with Crippen LogP contribution in [0, 0.1) is 5.82 Å². The summed E-state index contributed by atoms with van der Waals surface area (Å²) in [6, 6.07) is 4.70. The molecule has 0 aliphatic carbocycles. The predicted molar refractivity (Wildman–Crippen MR) is 135 cm³/mol. The minimum atomic E-state index is -0.822. The SMILES string of the molecule is CCn1cc2cc(Nc3nc(=O)n(Cc4ncn(C)n4)c(=O)n3Cc3cc(Cl)c(F)cn3)c(Cl)cc2n1. The Morgan fingerprint density at radius 2 is 1.84 bits per heavy atom. The van der Waals surface area contributed by atoms with Gasteiger partial charge in [0.15, 0.2) is 11.6 Å². The van der Waals surface area contributed by atoms with Crippen LogP contribution in [-0.4, -0.2) is 43.6 Å². The van der Waals surface area contributed by atoms with E-state index in [0.29, 0.717) is 22.8 Å². The van der Waals surface area contributed by atoms with Gasteiger partial charge >= 0.3 is 11.4 Å². The molecule has 0 fully saturated rings. The Hall–Kier alpha value is -4.10. The van der Waals surface area contributed by atoms with Gasteiger partial charge in [0, 0.05) is 25.2 Å². The Morgan fingerprint density at radius 3 is 2.54 bits per heavy atom. The van der Waals surface area contributed by atoms with E-state index >= 15 is 0 Å². The quantitative estimate of drug-likeness (QED) is 0.330. The Morgan fingerprint density at radius 1 is 1.03 bits per heavy atom. The largest absolute Gasteiger partial charge is 0.355 e. The van der Waals surface area contributed by atoms with E-state index in [1.54, 1.807) is 23.9 Å². The fourth-order valence-electron chi connectivity index (χ4n) is 3.68. The number of halogens is 3. The van der Waals surface area contributed by atoms with Gasteiger partial charge in [-0.2, -0.15) is 15.2 Å². The lowest BCUT2D eigenvalue weighted by Gasteiger charge is -2.16. The van der Waals surface area contributed by atoms with E-state index in [9.17, 15) is 14.0 Å². The number of fused-ring (bicyclic) bond motifs is 1. The number of pyridine rings is 1. The van der Waals surface area contributed by atoms with Crippen molar-refractivity contribution < 1.29 is 4.39 Å². The molecule has 37 heavy (non-hydrogen) atoms. The van der Waals surface area contributed by atoms with Crippen molar-refractivity contribution in [3.05, 3.63) is 85.3 Å². The van der Waals surface area contributed by atoms with Gasteiger partial charge in [0.2, 0.25) is 5.95 Å². The summed E-state index contributed by atoms with van der Waals surface area (Å²) in [6.45, 7) is 2.26. The monoisotopic (exact) mass is 544 g/mol. The molecule has 0 amide bonds. The second-order valence-electron chi connectivity index (χ2n) is 8.10. The van der Waals surface area contributed by atoms with Crippen molar-refractivity contribution in [1.82, 2.24) is 43.6 Å². The van der Waals surface area contributed by atoms with Crippen LogP contribution in [-0.2, 0) is 26.7 Å². The first-order chi connectivity index (χ1) is 17.7. The molecule has 0 spiro atoms. The number of aryl methyl sites for hydroxylation is 2. The summed E-state index contributed by atoms with van der Waals surface area (Å²) >= 11 is 12.4. The lowest BCUT2D eigenvalue weighted by Crippen LogP contribution is -2.43. The summed E-state index contributed by atoms with van der Waals surface area (Å²) in [5, 5.41) is 12.5. The molecular weight excluding hydrogens is 526 g/mol. The molecule has 0 aliphatic heterocycles. The zero-order valence-corrected chi connectivity index (χ0v) is 21.1. The number of nitrogens with one attached hydrogen (secondary N) is 1. The molecule has 190 valence electrons. The number of anilines is 2. The number of benzene rings is 1. The number of hydrogen-bond donors (Lipinski definition) is 1. The van der Waals surface area contributed by atoms with Crippen LogP contribution in [0.15, 0.2) is 46.5 Å². The van der Waals surface area contributed by atoms with E-state index in [-0.39, 0.29) is 35.6 Å². The van der Waals surface area contributed by atoms with Crippen LogP contribution >= 0.6 is 23.2 Å². The smallest absolute Gasteiger partial charge is 0.324 e. The Labute approximate surface area is 217 Å². The van der Waals surface area contributed by atoms with E-state index in [1.165, 1.54) is 21.6 Å². The summed E-state index contributed by atoms with van der Waals surface area (Å²) in [6.07, 6.45) is 4.25. The molecule has 0 aliphatic rings. The van der Waals surface area contributed by atoms with E-state index < -0.39 is 17.2 Å². The van der Waals surface area contributed by atoms with Gasteiger partial charge < -0.3 is 5.32 Å². The molecule has 1 aromatic carbocycles. The molecule has 15 heteroatoms. The van der Waals surface area contributed by atoms with Gasteiger partial charge in [0.1, 0.15) is 6.33 Å². The van der Waals surface area contributed by atoms with Gasteiger partial charge in [-0.3, -0.25) is 18.9 Å². The second kappa shape index (κ2) is 9.75. The fourth-order valence-corrected chi connectivity index (χ4v) is 4.06. The van der Waals surface area contributed by atoms with Crippen molar-refractivity contribution in [2.24, 2.45) is 7.05 Å². The molecule has 5 rings (SSSR count). The number of rotatable bonds is 7. The van der Waals surface area contributed by atoms with Crippen molar-refractivity contribution >= 4 is 45.7 Å². The van der Waals surface area contributed by atoms with Crippen LogP contribution in [0.5, 0.6) is 0 Å². The summed E-state index contributed by atoms with van der Waals surface area (Å²) < 4.78 is 19.0. The molecule has 0 unspecified atom stereocenters. The molecule has 0 saturated carbocycles. The first kappa shape index (κ1) is 24.6. The average molecular weight is 545 g/mol. The first-order valence-corrected chi connectivity index (χ1v) is 11.8. The predicted octanol–water partition coefficient (Wildman–Crippen LogP) is 2.58. The van der Waals surface area contributed by atoms with Gasteiger partial charge in [-0.1, -0.05) is 23.2 Å². The van der Waals surface area contributed by atoms with E-state index in [0.717, 1.165) is 16.2 Å². The molecule has 0 atom stereocenters. The van der Waals surface area contributed by atoms with Gasteiger partial charge in [-0.15, -0.1) is 0 Å². The highest BCUT2D eigenvalue weighted by molar-refractivity contribution is 6.34. The highest BCUT2D eigenvalue weighted by atomic mass is 35.5. The van der Waals surface area contributed by atoms with Crippen LogP contribution in [0.2, 0.25) is 10.0 Å². The van der Waals surface area contributed by atoms with Crippen molar-refractivity contribution in [2.75, 3.05) is 5.32 Å². The van der Waals surface area contributed by atoms with Crippen LogP contribution in [0.25, 0.3) is 10.9 Å². The minimum Gasteiger partial charge on any atom is -0.324 e. The van der Waals surface area contributed by atoms with Gasteiger partial charge in [-0.05, 0) is 25.1 Å². The maximum absolute atomic E-state index is 13.7. The third-order valence-corrected chi connectivity index (χ3v) is 6.10. The molecule has 0 saturated heterocycles. The van der Waals surface area contributed by atoms with Crippen molar-refractivity contribution in [3.63, 3.8) is 0 Å². The fraction of sp³-hybridized carbons (Fsp3) is 0.227. The second-order valence-corrected chi connectivity index (χ2v) is 8.91. The minimum absolute atomic E-state index is 0.0911. The van der Waals surface area contributed by atoms with Crippen LogP contribution in [0.3, 0.4) is 0 Å². The van der Waals surface area contributed by atoms with Crippen LogP contribution in [0.1, 0.15) is 18.4 Å². The molecular formula is C22H19Cl2FN10O2. The molecule has 4 aromatic heterocycles.